The van der Waals surface area contributed by atoms with Crippen LogP contribution in [0.4, 0.5) is 9.59 Å². The minimum atomic E-state index is -0.596. The Morgan fingerprint density at radius 3 is 1.46 bits per heavy atom. The van der Waals surface area contributed by atoms with E-state index in [9.17, 15) is 9.59 Å². The van der Waals surface area contributed by atoms with Crippen LogP contribution < -0.4 is 0 Å². The average Bonchev–Trinajstić information content (AvgIpc) is 3.18. The summed E-state index contributed by atoms with van der Waals surface area (Å²) in [5.74, 6) is 10.7. The van der Waals surface area contributed by atoms with E-state index in [1.54, 1.807) is 41.5 Å². The van der Waals surface area contributed by atoms with Gasteiger partial charge in [-0.1, -0.05) is 0 Å². The lowest BCUT2D eigenvalue weighted by molar-refractivity contribution is 0.0525. The van der Waals surface area contributed by atoms with Gasteiger partial charge in [-0.15, -0.1) is 0 Å². The van der Waals surface area contributed by atoms with Gasteiger partial charge < -0.3 is 9.47 Å². The first-order valence-corrected chi connectivity index (χ1v) is 8.50. The second-order valence-corrected chi connectivity index (χ2v) is 7.79. The van der Waals surface area contributed by atoms with Gasteiger partial charge in [-0.05, 0) is 65.2 Å². The molecule has 0 fully saturated rings. The largest absolute Gasteiger partial charge is 0.443 e. The quantitative estimate of drug-likeness (QED) is 0.651. The number of imidazole rings is 2. The van der Waals surface area contributed by atoms with Crippen LogP contribution in [0.5, 0.6) is 0 Å². The van der Waals surface area contributed by atoms with Crippen LogP contribution in [0.1, 0.15) is 52.9 Å². The summed E-state index contributed by atoms with van der Waals surface area (Å²) in [6.07, 6.45) is 4.50. The summed E-state index contributed by atoms with van der Waals surface area (Å²) < 4.78 is 12.9. The number of carbonyl (C=O) groups excluding carboxylic acids is 2. The smallest absolute Gasteiger partial charge is 0.419 e. The molecule has 0 saturated heterocycles. The first kappa shape index (κ1) is 20.8. The molecule has 0 atom stereocenters. The third kappa shape index (κ3) is 6.65. The minimum absolute atomic E-state index is 0.374. The van der Waals surface area contributed by atoms with Crippen LogP contribution in [0.3, 0.4) is 0 Å². The fourth-order valence-electron chi connectivity index (χ4n) is 1.79. The zero-order valence-electron chi connectivity index (χ0n) is 16.7. The number of carbonyl (C=O) groups is 2. The third-order valence-corrected chi connectivity index (χ3v) is 2.82. The van der Waals surface area contributed by atoms with E-state index in [0.717, 1.165) is 0 Å². The standard InChI is InChI=1S/C20H22N4O4/c1-19(2,3)27-17(25)23-11-15(21-13-23)9-7-8-10-16-12-24(14-22-16)18(26)28-20(4,5)6/h11-14H,1-6H3. The van der Waals surface area contributed by atoms with Crippen molar-refractivity contribution in [3.63, 3.8) is 0 Å². The number of ether oxygens (including phenoxy) is 2. The van der Waals surface area contributed by atoms with Gasteiger partial charge in [-0.3, -0.25) is 0 Å². The summed E-state index contributed by atoms with van der Waals surface area (Å²) in [5, 5.41) is 0. The maximum atomic E-state index is 11.9. The fourth-order valence-corrected chi connectivity index (χ4v) is 1.79. The summed E-state index contributed by atoms with van der Waals surface area (Å²) in [6.45, 7) is 10.7. The topological polar surface area (TPSA) is 88.2 Å². The van der Waals surface area contributed by atoms with Gasteiger partial charge in [0.05, 0.1) is 12.4 Å². The SMILES string of the molecule is CC(C)(C)OC(=O)n1cnc(C#CC#Cc2cn(C(=O)OC(C)(C)C)cn2)c1. The van der Waals surface area contributed by atoms with Crippen molar-refractivity contribution >= 4 is 12.2 Å². The van der Waals surface area contributed by atoms with E-state index in [-0.39, 0.29) is 0 Å². The number of nitrogens with zero attached hydrogens (tertiary/aromatic N) is 4. The summed E-state index contributed by atoms with van der Waals surface area (Å²) >= 11 is 0. The molecule has 8 nitrogen and oxygen atoms in total. The highest BCUT2D eigenvalue weighted by Gasteiger charge is 2.18. The van der Waals surface area contributed by atoms with Crippen molar-refractivity contribution in [2.24, 2.45) is 0 Å². The van der Waals surface area contributed by atoms with Crippen molar-refractivity contribution in [3.8, 4) is 23.7 Å². The number of hydrogen-bond donors (Lipinski definition) is 0. The zero-order chi connectivity index (χ0) is 20.9. The predicted molar refractivity (Wildman–Crippen MR) is 101 cm³/mol. The molecule has 0 saturated carbocycles. The second kappa shape index (κ2) is 8.01. The monoisotopic (exact) mass is 382 g/mol. The van der Waals surface area contributed by atoms with E-state index in [1.807, 2.05) is 0 Å². The van der Waals surface area contributed by atoms with Gasteiger partial charge in [-0.25, -0.2) is 28.7 Å². The highest BCUT2D eigenvalue weighted by molar-refractivity contribution is 5.71. The van der Waals surface area contributed by atoms with Gasteiger partial charge >= 0.3 is 12.2 Å². The summed E-state index contributed by atoms with van der Waals surface area (Å²) in [5.41, 5.74) is -0.443. The number of hydrogen-bond acceptors (Lipinski definition) is 6. The Hall–Kier alpha value is -3.52. The van der Waals surface area contributed by atoms with Crippen LogP contribution in [-0.4, -0.2) is 42.5 Å². The van der Waals surface area contributed by atoms with Gasteiger partial charge in [0.25, 0.3) is 0 Å². The lowest BCUT2D eigenvalue weighted by Crippen LogP contribution is -2.26. The van der Waals surface area contributed by atoms with Crippen molar-refractivity contribution in [1.29, 1.82) is 0 Å². The number of rotatable bonds is 0. The molecule has 0 aliphatic heterocycles. The molecule has 0 aromatic carbocycles. The van der Waals surface area contributed by atoms with Crippen molar-refractivity contribution in [1.82, 2.24) is 19.1 Å². The molecule has 0 bridgehead atoms. The van der Waals surface area contributed by atoms with Gasteiger partial charge in [0.2, 0.25) is 0 Å². The second-order valence-electron chi connectivity index (χ2n) is 7.79. The Labute approximate surface area is 163 Å². The molecule has 0 N–H and O–H groups in total. The Bertz CT molecular complexity index is 913. The molecule has 0 radical (unpaired) electrons. The molecule has 2 rings (SSSR count). The van der Waals surface area contributed by atoms with Crippen LogP contribution in [0.15, 0.2) is 25.0 Å². The maximum absolute atomic E-state index is 11.9. The molecule has 2 aromatic heterocycles. The van der Waals surface area contributed by atoms with Crippen LogP contribution in [0.25, 0.3) is 0 Å². The van der Waals surface area contributed by atoms with Crippen molar-refractivity contribution < 1.29 is 19.1 Å². The molecule has 0 spiro atoms. The van der Waals surface area contributed by atoms with E-state index in [0.29, 0.717) is 11.4 Å². The van der Waals surface area contributed by atoms with E-state index >= 15 is 0 Å². The van der Waals surface area contributed by atoms with E-state index in [2.05, 4.69) is 33.6 Å². The summed E-state index contributed by atoms with van der Waals surface area (Å²) in [7, 11) is 0. The molecule has 2 heterocycles. The first-order valence-electron chi connectivity index (χ1n) is 8.50. The maximum Gasteiger partial charge on any atom is 0.419 e. The fraction of sp³-hybridized carbons (Fsp3) is 0.400. The Balaban J connectivity index is 2.01. The first-order chi connectivity index (χ1) is 12.9. The Morgan fingerprint density at radius 1 is 0.786 bits per heavy atom. The summed E-state index contributed by atoms with van der Waals surface area (Å²) in [6, 6.07) is 0. The van der Waals surface area contributed by atoms with Gasteiger partial charge in [0.1, 0.15) is 35.2 Å². The van der Waals surface area contributed by atoms with E-state index < -0.39 is 23.4 Å². The molecule has 8 heteroatoms. The van der Waals surface area contributed by atoms with Crippen LogP contribution in [-0.2, 0) is 9.47 Å². The molecule has 0 aliphatic carbocycles. The van der Waals surface area contributed by atoms with Crippen molar-refractivity contribution in [2.75, 3.05) is 0 Å². The molecule has 0 unspecified atom stereocenters. The van der Waals surface area contributed by atoms with Gasteiger partial charge in [0, 0.05) is 0 Å². The normalized spacial score (nSPS) is 10.9. The Morgan fingerprint density at radius 2 is 1.14 bits per heavy atom. The molecule has 28 heavy (non-hydrogen) atoms. The molecular formula is C20H22N4O4. The van der Waals surface area contributed by atoms with E-state index in [1.165, 1.54) is 34.2 Å². The lowest BCUT2D eigenvalue weighted by atomic mass is 10.2. The number of aromatic nitrogens is 4. The predicted octanol–water partition coefficient (Wildman–Crippen LogP) is 3.05. The molecule has 2 aromatic rings. The van der Waals surface area contributed by atoms with Crippen LogP contribution >= 0.6 is 0 Å². The zero-order valence-corrected chi connectivity index (χ0v) is 16.7. The van der Waals surface area contributed by atoms with Crippen molar-refractivity contribution in [2.45, 2.75) is 52.7 Å². The van der Waals surface area contributed by atoms with E-state index in [4.69, 9.17) is 9.47 Å². The molecule has 0 aliphatic rings. The highest BCUT2D eigenvalue weighted by atomic mass is 16.6. The molecular weight excluding hydrogens is 360 g/mol. The van der Waals surface area contributed by atoms with Gasteiger partial charge in [0.15, 0.2) is 0 Å². The third-order valence-electron chi connectivity index (χ3n) is 2.82. The van der Waals surface area contributed by atoms with Crippen molar-refractivity contribution in [3.05, 3.63) is 36.4 Å². The van der Waals surface area contributed by atoms with Crippen LogP contribution in [0, 0.1) is 23.7 Å². The molecule has 0 amide bonds. The summed E-state index contributed by atoms with van der Waals surface area (Å²) in [4.78, 5) is 31.8. The minimum Gasteiger partial charge on any atom is -0.443 e. The Kier molecular flexibility index (Phi) is 5.95. The lowest BCUT2D eigenvalue weighted by Gasteiger charge is -2.18. The molecule has 146 valence electrons. The highest BCUT2D eigenvalue weighted by Crippen LogP contribution is 2.10. The van der Waals surface area contributed by atoms with Gasteiger partial charge in [-0.2, -0.15) is 0 Å². The van der Waals surface area contributed by atoms with Crippen LogP contribution in [0.2, 0.25) is 0 Å². The average molecular weight is 382 g/mol.